The first kappa shape index (κ1) is 28.6. The summed E-state index contributed by atoms with van der Waals surface area (Å²) in [6, 6.07) is 1.58. The number of nitrogens with zero attached hydrogens (tertiary/aromatic N) is 2. The maximum atomic E-state index is 14.8. The molecular weight excluding hydrogens is 486 g/mol. The lowest BCUT2D eigenvalue weighted by atomic mass is 9.83. The summed E-state index contributed by atoms with van der Waals surface area (Å²) in [6.45, 7) is 7.75. The number of likely N-dealkylation sites (tertiary alicyclic amines) is 1. The maximum Gasteiger partial charge on any atom is 0.410 e. The minimum Gasteiger partial charge on any atom is -0.447 e. The van der Waals surface area contributed by atoms with Gasteiger partial charge in [-0.1, -0.05) is 5.16 Å². The third kappa shape index (κ3) is 8.84. The van der Waals surface area contributed by atoms with E-state index in [1.807, 2.05) is 20.8 Å². The number of anilines is 1. The van der Waals surface area contributed by atoms with Crippen molar-refractivity contribution in [3.05, 3.63) is 29.3 Å². The molecule has 0 radical (unpaired) electrons. The number of halogens is 2. The number of amides is 3. The van der Waals surface area contributed by atoms with Crippen molar-refractivity contribution < 1.29 is 32.7 Å². The number of benzene rings is 1. The van der Waals surface area contributed by atoms with E-state index in [9.17, 15) is 18.4 Å². The molecule has 1 aromatic carbocycles. The highest BCUT2D eigenvalue weighted by Gasteiger charge is 2.27. The second kappa shape index (κ2) is 14.1. The quantitative estimate of drug-likeness (QED) is 0.343. The van der Waals surface area contributed by atoms with Crippen molar-refractivity contribution in [2.24, 2.45) is 5.16 Å². The Morgan fingerprint density at radius 1 is 1.11 bits per heavy atom. The van der Waals surface area contributed by atoms with Gasteiger partial charge in [0, 0.05) is 45.1 Å². The number of carbonyl (C=O) groups is 2. The molecule has 1 saturated carbocycles. The number of hydrogen-bond acceptors (Lipinski definition) is 6. The zero-order valence-corrected chi connectivity index (χ0v) is 21.9. The number of hydrogen-bond donors (Lipinski definition) is 2. The third-order valence-corrected chi connectivity index (χ3v) is 6.44. The van der Waals surface area contributed by atoms with Crippen molar-refractivity contribution >= 4 is 23.5 Å². The molecule has 0 aromatic heterocycles. The Morgan fingerprint density at radius 3 is 2.46 bits per heavy atom. The number of nitrogens with one attached hydrogen (secondary N) is 2. The van der Waals surface area contributed by atoms with Gasteiger partial charge in [0.05, 0.1) is 24.1 Å². The maximum absolute atomic E-state index is 14.8. The van der Waals surface area contributed by atoms with Crippen LogP contribution >= 0.6 is 0 Å². The highest BCUT2D eigenvalue weighted by Crippen LogP contribution is 2.35. The molecule has 1 saturated heterocycles. The van der Waals surface area contributed by atoms with E-state index in [2.05, 4.69) is 15.8 Å². The molecular formula is C26H38F2N4O5. The second-order valence-corrected chi connectivity index (χ2v) is 9.59. The minimum absolute atomic E-state index is 0.0590. The summed E-state index contributed by atoms with van der Waals surface area (Å²) < 4.78 is 39.8. The van der Waals surface area contributed by atoms with Crippen LogP contribution in [0.5, 0.6) is 0 Å². The molecule has 1 aliphatic heterocycles. The molecule has 0 spiro atoms. The van der Waals surface area contributed by atoms with Crippen molar-refractivity contribution in [3.63, 3.8) is 0 Å². The van der Waals surface area contributed by atoms with Crippen LogP contribution < -0.4 is 10.6 Å². The lowest BCUT2D eigenvalue weighted by molar-refractivity contribution is 0.00403. The van der Waals surface area contributed by atoms with Gasteiger partial charge >= 0.3 is 12.1 Å². The SMILES string of the molecule is CCOCCNC(=O)Nc1cc(F)c(C2CCC(=NOC3CCN(C(=O)OC(C)C)CC3)CC2)cc1F. The van der Waals surface area contributed by atoms with Crippen LogP contribution in [0.4, 0.5) is 24.1 Å². The van der Waals surface area contributed by atoms with Crippen molar-refractivity contribution in [2.75, 3.05) is 38.2 Å². The number of ether oxygens (including phenoxy) is 2. The van der Waals surface area contributed by atoms with Crippen LogP contribution in [-0.4, -0.2) is 67.8 Å². The fourth-order valence-corrected chi connectivity index (χ4v) is 4.44. The Balaban J connectivity index is 1.45. The molecule has 3 amide bonds. The molecule has 2 aliphatic rings. The first-order valence-corrected chi connectivity index (χ1v) is 13.1. The summed E-state index contributed by atoms with van der Waals surface area (Å²) in [6.07, 6.45) is 3.38. The van der Waals surface area contributed by atoms with E-state index >= 15 is 0 Å². The Bertz CT molecular complexity index is 941. The Labute approximate surface area is 216 Å². The van der Waals surface area contributed by atoms with E-state index < -0.39 is 17.7 Å². The molecule has 0 bridgehead atoms. The Morgan fingerprint density at radius 2 is 1.81 bits per heavy atom. The van der Waals surface area contributed by atoms with Gasteiger partial charge in [-0.15, -0.1) is 0 Å². The monoisotopic (exact) mass is 524 g/mol. The van der Waals surface area contributed by atoms with Crippen LogP contribution in [0.3, 0.4) is 0 Å². The molecule has 1 aliphatic carbocycles. The van der Waals surface area contributed by atoms with Gasteiger partial charge < -0.3 is 29.8 Å². The molecule has 2 fully saturated rings. The van der Waals surface area contributed by atoms with Gasteiger partial charge in [-0.3, -0.25) is 0 Å². The topological polar surface area (TPSA) is 101 Å². The van der Waals surface area contributed by atoms with Gasteiger partial charge in [-0.25, -0.2) is 18.4 Å². The standard InChI is InChI=1S/C26H38F2N4O5/c1-4-35-14-11-29-25(33)30-24-16-22(27)21(15-23(24)28)18-5-7-19(8-6-18)31-37-20-9-12-32(13-10-20)26(34)36-17(2)3/h15-18,20H,4-14H2,1-3H3,(H2,29,30,33). The summed E-state index contributed by atoms with van der Waals surface area (Å²) >= 11 is 0. The molecule has 0 unspecified atom stereocenters. The van der Waals surface area contributed by atoms with Gasteiger partial charge in [0.15, 0.2) is 0 Å². The smallest absolute Gasteiger partial charge is 0.410 e. The van der Waals surface area contributed by atoms with Gasteiger partial charge in [-0.05, 0) is 64.0 Å². The number of urea groups is 1. The fourth-order valence-electron chi connectivity index (χ4n) is 4.44. The van der Waals surface area contributed by atoms with E-state index in [0.717, 1.165) is 11.8 Å². The average Bonchev–Trinajstić information content (AvgIpc) is 2.87. The lowest BCUT2D eigenvalue weighted by Crippen LogP contribution is -2.41. The molecule has 0 atom stereocenters. The van der Waals surface area contributed by atoms with Gasteiger partial charge in [-0.2, -0.15) is 0 Å². The highest BCUT2D eigenvalue weighted by molar-refractivity contribution is 5.89. The minimum atomic E-state index is -0.678. The average molecular weight is 525 g/mol. The van der Waals surface area contributed by atoms with Crippen LogP contribution in [0.2, 0.25) is 0 Å². The van der Waals surface area contributed by atoms with E-state index in [1.165, 1.54) is 6.07 Å². The van der Waals surface area contributed by atoms with Gasteiger partial charge in [0.1, 0.15) is 17.7 Å². The highest BCUT2D eigenvalue weighted by atomic mass is 19.1. The number of rotatable bonds is 9. The predicted octanol–water partition coefficient (Wildman–Crippen LogP) is 5.16. The molecule has 3 rings (SSSR count). The van der Waals surface area contributed by atoms with E-state index in [1.54, 1.807) is 4.90 Å². The first-order valence-electron chi connectivity index (χ1n) is 13.1. The van der Waals surface area contributed by atoms with Crippen molar-refractivity contribution in [1.82, 2.24) is 10.2 Å². The Kier molecular flexibility index (Phi) is 10.9. The van der Waals surface area contributed by atoms with E-state index in [0.29, 0.717) is 70.4 Å². The summed E-state index contributed by atoms with van der Waals surface area (Å²) in [4.78, 5) is 31.3. The lowest BCUT2D eigenvalue weighted by Gasteiger charge is -2.31. The molecule has 2 N–H and O–H groups in total. The van der Waals surface area contributed by atoms with Gasteiger partial charge in [0.25, 0.3) is 0 Å². The van der Waals surface area contributed by atoms with Crippen LogP contribution in [0, 0.1) is 11.6 Å². The zero-order valence-electron chi connectivity index (χ0n) is 21.9. The Hall–Kier alpha value is -2.95. The molecule has 1 heterocycles. The van der Waals surface area contributed by atoms with Crippen molar-refractivity contribution in [3.8, 4) is 0 Å². The number of piperidine rings is 1. The summed E-state index contributed by atoms with van der Waals surface area (Å²) in [5, 5.41) is 9.20. The van der Waals surface area contributed by atoms with Crippen LogP contribution in [0.1, 0.15) is 70.8 Å². The third-order valence-electron chi connectivity index (χ3n) is 6.44. The van der Waals surface area contributed by atoms with Crippen molar-refractivity contribution in [2.45, 2.75) is 77.4 Å². The summed E-state index contributed by atoms with van der Waals surface area (Å²) in [5.74, 6) is -1.36. The van der Waals surface area contributed by atoms with E-state index in [4.69, 9.17) is 14.3 Å². The zero-order chi connectivity index (χ0) is 26.8. The summed E-state index contributed by atoms with van der Waals surface area (Å²) in [5.41, 5.74) is 1.01. The summed E-state index contributed by atoms with van der Waals surface area (Å²) in [7, 11) is 0. The second-order valence-electron chi connectivity index (χ2n) is 9.59. The normalized spacial score (nSPS) is 18.5. The largest absolute Gasteiger partial charge is 0.447 e. The van der Waals surface area contributed by atoms with E-state index in [-0.39, 0.29) is 36.5 Å². The number of carbonyl (C=O) groups excluding carboxylic acids is 2. The number of oxime groups is 1. The van der Waals surface area contributed by atoms with Crippen LogP contribution in [0.15, 0.2) is 17.3 Å². The van der Waals surface area contributed by atoms with Gasteiger partial charge in [0.2, 0.25) is 0 Å². The predicted molar refractivity (Wildman–Crippen MR) is 136 cm³/mol. The molecule has 9 nitrogen and oxygen atoms in total. The van der Waals surface area contributed by atoms with Crippen molar-refractivity contribution in [1.29, 1.82) is 0 Å². The van der Waals surface area contributed by atoms with Crippen LogP contribution in [0.25, 0.3) is 0 Å². The molecule has 11 heteroatoms. The molecule has 37 heavy (non-hydrogen) atoms. The fraction of sp³-hybridized carbons (Fsp3) is 0.654. The van der Waals surface area contributed by atoms with Crippen LogP contribution in [-0.2, 0) is 14.3 Å². The molecule has 206 valence electrons. The molecule has 1 aromatic rings. The first-order chi connectivity index (χ1) is 17.8.